The average molecular weight is 491 g/mol. The molecule has 4 aromatic rings. The van der Waals surface area contributed by atoms with Crippen LogP contribution in [0.2, 0.25) is 0 Å². The van der Waals surface area contributed by atoms with Crippen LogP contribution in [0.3, 0.4) is 0 Å². The molecule has 0 saturated heterocycles. The Morgan fingerprint density at radius 1 is 1.03 bits per heavy atom. The minimum Gasteiger partial charge on any atom is -0.482 e. The molecule has 0 bridgehead atoms. The third-order valence-corrected chi connectivity index (χ3v) is 5.12. The number of esters is 1. The molecule has 186 valence electrons. The number of amides is 2. The number of nitrogens with one attached hydrogen (secondary N) is 4. The first-order valence-electron chi connectivity index (χ1n) is 11.2. The summed E-state index contributed by atoms with van der Waals surface area (Å²) in [6.07, 6.45) is 1.05. The number of benzene rings is 2. The van der Waals surface area contributed by atoms with Crippen molar-refractivity contribution in [2.75, 3.05) is 17.2 Å². The number of aromatic nitrogens is 4. The molecule has 0 fully saturated rings. The van der Waals surface area contributed by atoms with E-state index in [2.05, 4.69) is 30.6 Å². The largest absolute Gasteiger partial charge is 0.482 e. The number of ether oxygens (including phenoxy) is 2. The Hall–Kier alpha value is -4.67. The van der Waals surface area contributed by atoms with Crippen molar-refractivity contribution in [3.05, 3.63) is 65.2 Å². The summed E-state index contributed by atoms with van der Waals surface area (Å²) in [7, 11) is 0. The number of carbonyl (C=O) groups excluding carboxylic acids is 3. The van der Waals surface area contributed by atoms with Crippen LogP contribution in [0.5, 0.6) is 5.75 Å². The molecule has 4 N–H and O–H groups in total. The van der Waals surface area contributed by atoms with Crippen molar-refractivity contribution in [2.45, 2.75) is 33.8 Å². The second kappa shape index (κ2) is 10.3. The van der Waals surface area contributed by atoms with E-state index in [0.29, 0.717) is 22.5 Å². The smallest absolute Gasteiger partial charge is 0.344 e. The highest BCUT2D eigenvalue weighted by molar-refractivity contribution is 6.13. The van der Waals surface area contributed by atoms with Crippen LogP contribution >= 0.6 is 0 Å². The quantitative estimate of drug-likeness (QED) is 0.275. The van der Waals surface area contributed by atoms with E-state index in [0.717, 1.165) is 11.1 Å². The van der Waals surface area contributed by atoms with Crippen molar-refractivity contribution < 1.29 is 23.9 Å². The van der Waals surface area contributed by atoms with Crippen LogP contribution < -0.4 is 15.4 Å². The molecule has 0 aliphatic heterocycles. The molecule has 0 spiro atoms. The van der Waals surface area contributed by atoms with Gasteiger partial charge in [0.1, 0.15) is 11.4 Å². The molecule has 0 unspecified atom stereocenters. The summed E-state index contributed by atoms with van der Waals surface area (Å²) in [5.41, 5.74) is 3.69. The van der Waals surface area contributed by atoms with Gasteiger partial charge in [0.05, 0.1) is 23.5 Å². The number of anilines is 2. The third-order valence-electron chi connectivity index (χ3n) is 5.12. The topological polar surface area (TPSA) is 151 Å². The Labute approximate surface area is 206 Å². The zero-order valence-electron chi connectivity index (χ0n) is 20.3. The molecule has 0 aliphatic carbocycles. The number of hydrogen-bond donors (Lipinski definition) is 4. The first kappa shape index (κ1) is 24.5. The number of H-pyrrole nitrogens is 2. The van der Waals surface area contributed by atoms with Crippen LogP contribution in [0.15, 0.2) is 42.7 Å². The van der Waals surface area contributed by atoms with Crippen LogP contribution in [-0.2, 0) is 9.53 Å². The van der Waals surface area contributed by atoms with Crippen molar-refractivity contribution in [1.29, 1.82) is 0 Å². The monoisotopic (exact) mass is 490 g/mol. The van der Waals surface area contributed by atoms with Gasteiger partial charge in [-0.2, -0.15) is 0 Å². The molecule has 0 saturated carbocycles. The summed E-state index contributed by atoms with van der Waals surface area (Å²) >= 11 is 0. The Morgan fingerprint density at radius 2 is 1.83 bits per heavy atom. The fraction of sp³-hybridized carbons (Fsp3) is 0.240. The van der Waals surface area contributed by atoms with E-state index in [1.165, 1.54) is 6.33 Å². The molecular formula is C25H26N6O5. The predicted molar refractivity (Wildman–Crippen MR) is 133 cm³/mol. The summed E-state index contributed by atoms with van der Waals surface area (Å²) in [4.78, 5) is 51.4. The zero-order chi connectivity index (χ0) is 25.8. The molecule has 2 heterocycles. The Bertz CT molecular complexity index is 1440. The van der Waals surface area contributed by atoms with E-state index in [4.69, 9.17) is 9.47 Å². The van der Waals surface area contributed by atoms with Crippen molar-refractivity contribution >= 4 is 40.5 Å². The maximum atomic E-state index is 12.9. The van der Waals surface area contributed by atoms with Crippen LogP contribution in [0, 0.1) is 13.8 Å². The second-order valence-electron chi connectivity index (χ2n) is 8.44. The van der Waals surface area contributed by atoms with E-state index in [1.807, 2.05) is 26.0 Å². The van der Waals surface area contributed by atoms with Gasteiger partial charge in [-0.1, -0.05) is 17.7 Å². The van der Waals surface area contributed by atoms with Crippen molar-refractivity contribution in [1.82, 2.24) is 19.9 Å². The van der Waals surface area contributed by atoms with Gasteiger partial charge in [-0.3, -0.25) is 14.9 Å². The molecule has 11 nitrogen and oxygen atoms in total. The number of hydrogen-bond acceptors (Lipinski definition) is 7. The van der Waals surface area contributed by atoms with Crippen LogP contribution in [0.25, 0.3) is 11.0 Å². The number of aryl methyl sites for hydroxylation is 2. The van der Waals surface area contributed by atoms with E-state index in [9.17, 15) is 14.4 Å². The molecule has 0 aliphatic rings. The van der Waals surface area contributed by atoms with Gasteiger partial charge in [-0.25, -0.2) is 14.8 Å². The zero-order valence-corrected chi connectivity index (χ0v) is 20.3. The summed E-state index contributed by atoms with van der Waals surface area (Å²) in [6, 6.07) is 10.6. The number of nitrogens with zero attached hydrogens (tertiary/aromatic N) is 2. The van der Waals surface area contributed by atoms with Crippen molar-refractivity contribution in [3.63, 3.8) is 0 Å². The van der Waals surface area contributed by atoms with Crippen LogP contribution in [0.4, 0.5) is 11.6 Å². The highest BCUT2D eigenvalue weighted by atomic mass is 16.6. The second-order valence-corrected chi connectivity index (χ2v) is 8.44. The standard InChI is InChI=1S/C25H26N6O5/c1-13(2)36-20(32)11-35-16-6-8-18-19(10-16)30-25(29-18)31-24(34)22-21(26-12-27-22)23(33)28-17-7-5-14(3)9-15(17)4/h5-10,12-13H,11H2,1-4H3,(H,26,27)(H,28,33)(H2,29,30,31,34). The van der Waals surface area contributed by atoms with E-state index >= 15 is 0 Å². The lowest BCUT2D eigenvalue weighted by molar-refractivity contribution is -0.149. The van der Waals surface area contributed by atoms with Crippen molar-refractivity contribution in [2.24, 2.45) is 0 Å². The van der Waals surface area contributed by atoms with Crippen LogP contribution in [-0.4, -0.2) is 50.4 Å². The highest BCUT2D eigenvalue weighted by Crippen LogP contribution is 2.22. The van der Waals surface area contributed by atoms with Gasteiger partial charge < -0.3 is 24.8 Å². The van der Waals surface area contributed by atoms with Crippen molar-refractivity contribution in [3.8, 4) is 5.75 Å². The molecule has 2 aromatic carbocycles. The number of aromatic amines is 2. The molecule has 0 radical (unpaired) electrons. The number of carbonyl (C=O) groups is 3. The lowest BCUT2D eigenvalue weighted by Gasteiger charge is -2.09. The average Bonchev–Trinajstić information content (AvgIpc) is 3.45. The maximum absolute atomic E-state index is 12.9. The molecule has 11 heteroatoms. The SMILES string of the molecule is Cc1ccc(NC(=O)c2nc[nH]c2C(=O)Nc2nc3cc(OCC(=O)OC(C)C)ccc3[nH]2)c(C)c1. The molecule has 2 amide bonds. The van der Waals surface area contributed by atoms with E-state index in [1.54, 1.807) is 38.1 Å². The molecule has 2 aromatic heterocycles. The number of rotatable bonds is 8. The van der Waals surface area contributed by atoms with Gasteiger partial charge in [-0.05, 0) is 51.5 Å². The molecular weight excluding hydrogens is 464 g/mol. The lowest BCUT2D eigenvalue weighted by Crippen LogP contribution is -2.21. The molecule has 0 atom stereocenters. The summed E-state index contributed by atoms with van der Waals surface area (Å²) in [5, 5.41) is 5.42. The van der Waals surface area contributed by atoms with Gasteiger partial charge >= 0.3 is 5.97 Å². The number of imidazole rings is 2. The van der Waals surface area contributed by atoms with E-state index < -0.39 is 17.8 Å². The van der Waals surface area contributed by atoms with Gasteiger partial charge in [0.2, 0.25) is 5.95 Å². The van der Waals surface area contributed by atoms with Gasteiger partial charge in [-0.15, -0.1) is 0 Å². The van der Waals surface area contributed by atoms with E-state index in [-0.39, 0.29) is 30.0 Å². The number of fused-ring (bicyclic) bond motifs is 1. The fourth-order valence-corrected chi connectivity index (χ4v) is 3.52. The lowest BCUT2D eigenvalue weighted by atomic mass is 10.1. The molecule has 4 rings (SSSR count). The summed E-state index contributed by atoms with van der Waals surface area (Å²) < 4.78 is 10.5. The summed E-state index contributed by atoms with van der Waals surface area (Å²) in [5.74, 6) is -0.994. The Morgan fingerprint density at radius 3 is 2.58 bits per heavy atom. The normalized spacial score (nSPS) is 10.9. The highest BCUT2D eigenvalue weighted by Gasteiger charge is 2.22. The fourth-order valence-electron chi connectivity index (χ4n) is 3.52. The minimum atomic E-state index is -0.592. The summed E-state index contributed by atoms with van der Waals surface area (Å²) in [6.45, 7) is 7.13. The first-order valence-corrected chi connectivity index (χ1v) is 11.2. The Balaban J connectivity index is 1.44. The first-order chi connectivity index (χ1) is 17.2. The van der Waals surface area contributed by atoms with Gasteiger partial charge in [0, 0.05) is 11.8 Å². The Kier molecular flexibility index (Phi) is 7.00. The maximum Gasteiger partial charge on any atom is 0.344 e. The van der Waals surface area contributed by atoms with Gasteiger partial charge in [0.25, 0.3) is 11.8 Å². The third kappa shape index (κ3) is 5.69. The predicted octanol–water partition coefficient (Wildman–Crippen LogP) is 3.74. The minimum absolute atomic E-state index is 0.00888. The van der Waals surface area contributed by atoms with Gasteiger partial charge in [0.15, 0.2) is 12.3 Å². The van der Waals surface area contributed by atoms with Crippen LogP contribution in [0.1, 0.15) is 46.0 Å². The molecule has 36 heavy (non-hydrogen) atoms.